The number of aromatic amines is 1. The monoisotopic (exact) mass is 407 g/mol. The lowest BCUT2D eigenvalue weighted by molar-refractivity contribution is -0.120. The molecule has 2 aromatic heterocycles. The third kappa shape index (κ3) is 3.22. The summed E-state index contributed by atoms with van der Waals surface area (Å²) in [6.45, 7) is 0.355. The molecule has 1 unspecified atom stereocenters. The van der Waals surface area contributed by atoms with Crippen molar-refractivity contribution in [3.63, 3.8) is 0 Å². The molecule has 1 atom stereocenters. The minimum atomic E-state index is -1.52. The van der Waals surface area contributed by atoms with Gasteiger partial charge in [-0.25, -0.2) is 13.2 Å². The van der Waals surface area contributed by atoms with E-state index in [4.69, 9.17) is 11.6 Å². The van der Waals surface area contributed by atoms with Crippen molar-refractivity contribution in [1.29, 1.82) is 0 Å². The number of amides is 1. The summed E-state index contributed by atoms with van der Waals surface area (Å²) in [5, 5.41) is 14.7. The Morgan fingerprint density at radius 1 is 1.21 bits per heavy atom. The van der Waals surface area contributed by atoms with Crippen LogP contribution in [0.3, 0.4) is 0 Å². The van der Waals surface area contributed by atoms with Crippen LogP contribution in [0.2, 0.25) is 5.02 Å². The summed E-state index contributed by atoms with van der Waals surface area (Å²) >= 11 is 6.39. The molecule has 0 bridgehead atoms. The van der Waals surface area contributed by atoms with Gasteiger partial charge in [0.1, 0.15) is 5.02 Å². The third-order valence-electron chi connectivity index (χ3n) is 4.66. The molecule has 144 valence electrons. The maximum Gasteiger partial charge on any atom is 0.231 e. The molecule has 28 heavy (non-hydrogen) atoms. The fraction of sp³-hybridized carbons (Fsp3) is 0.222. The van der Waals surface area contributed by atoms with Crippen LogP contribution in [0.5, 0.6) is 0 Å². The van der Waals surface area contributed by atoms with Crippen LogP contribution in [0.15, 0.2) is 30.6 Å². The topological polar surface area (TPSA) is 74.8 Å². The number of nitrogens with zero attached hydrogens (tertiary/aromatic N) is 4. The van der Waals surface area contributed by atoms with E-state index < -0.39 is 23.4 Å². The van der Waals surface area contributed by atoms with Crippen LogP contribution < -0.4 is 4.90 Å². The number of hydrogen-bond donors (Lipinski definition) is 1. The van der Waals surface area contributed by atoms with Gasteiger partial charge in [-0.3, -0.25) is 14.8 Å². The highest BCUT2D eigenvalue weighted by Crippen LogP contribution is 2.36. The van der Waals surface area contributed by atoms with E-state index in [0.717, 1.165) is 12.1 Å². The van der Waals surface area contributed by atoms with Crippen LogP contribution in [-0.4, -0.2) is 32.8 Å². The molecular formula is C18H13ClF3N5O. The number of anilines is 1. The summed E-state index contributed by atoms with van der Waals surface area (Å²) in [6, 6.07) is 3.51. The van der Waals surface area contributed by atoms with Gasteiger partial charge in [-0.15, -0.1) is 0 Å². The van der Waals surface area contributed by atoms with E-state index in [0.29, 0.717) is 24.2 Å². The van der Waals surface area contributed by atoms with Gasteiger partial charge in [0.05, 0.1) is 18.1 Å². The van der Waals surface area contributed by atoms with Crippen molar-refractivity contribution in [3.8, 4) is 11.3 Å². The lowest BCUT2D eigenvalue weighted by Crippen LogP contribution is -2.28. The molecule has 1 aliphatic rings. The molecule has 1 N–H and O–H groups in total. The Hall–Kier alpha value is -2.94. The van der Waals surface area contributed by atoms with E-state index in [1.165, 1.54) is 17.3 Å². The number of hydrogen-bond acceptors (Lipinski definition) is 4. The lowest BCUT2D eigenvalue weighted by Gasteiger charge is -2.14. The van der Waals surface area contributed by atoms with Crippen molar-refractivity contribution in [2.45, 2.75) is 12.8 Å². The van der Waals surface area contributed by atoms with Crippen molar-refractivity contribution in [2.24, 2.45) is 5.92 Å². The highest BCUT2D eigenvalue weighted by Gasteiger charge is 2.35. The zero-order valence-corrected chi connectivity index (χ0v) is 15.1. The van der Waals surface area contributed by atoms with Gasteiger partial charge in [0, 0.05) is 18.0 Å². The maximum absolute atomic E-state index is 13.4. The van der Waals surface area contributed by atoms with Crippen LogP contribution in [-0.2, 0) is 11.2 Å². The summed E-state index contributed by atoms with van der Waals surface area (Å²) in [6.07, 6.45) is 3.56. The van der Waals surface area contributed by atoms with Crippen LogP contribution in [0.25, 0.3) is 11.3 Å². The molecule has 1 aromatic carbocycles. The number of nitrogens with one attached hydrogen (secondary N) is 1. The number of benzene rings is 1. The largest absolute Gasteiger partial charge is 0.294 e. The average Bonchev–Trinajstić information content (AvgIpc) is 3.23. The molecule has 10 heteroatoms. The Balaban J connectivity index is 1.55. The van der Waals surface area contributed by atoms with Gasteiger partial charge in [0.2, 0.25) is 5.91 Å². The smallest absolute Gasteiger partial charge is 0.231 e. The Morgan fingerprint density at radius 2 is 1.96 bits per heavy atom. The minimum absolute atomic E-state index is 0.0899. The van der Waals surface area contributed by atoms with Crippen molar-refractivity contribution in [3.05, 3.63) is 58.6 Å². The van der Waals surface area contributed by atoms with Gasteiger partial charge in [-0.05, 0) is 36.6 Å². The minimum Gasteiger partial charge on any atom is -0.294 e. The Kier molecular flexibility index (Phi) is 4.76. The van der Waals surface area contributed by atoms with Gasteiger partial charge in [0.15, 0.2) is 23.3 Å². The maximum atomic E-state index is 13.4. The van der Waals surface area contributed by atoms with Gasteiger partial charge in [-0.2, -0.15) is 15.3 Å². The van der Waals surface area contributed by atoms with Crippen LogP contribution in [0.1, 0.15) is 12.0 Å². The number of halogens is 4. The second-order valence-corrected chi connectivity index (χ2v) is 6.80. The summed E-state index contributed by atoms with van der Waals surface area (Å²) < 4.78 is 39.9. The quantitative estimate of drug-likeness (QED) is 0.671. The van der Waals surface area contributed by atoms with Crippen molar-refractivity contribution in [1.82, 2.24) is 20.4 Å². The van der Waals surface area contributed by atoms with Crippen molar-refractivity contribution in [2.75, 3.05) is 11.4 Å². The molecule has 0 spiro atoms. The van der Waals surface area contributed by atoms with Gasteiger partial charge in [-0.1, -0.05) is 11.6 Å². The predicted molar refractivity (Wildman–Crippen MR) is 95.1 cm³/mol. The fourth-order valence-corrected chi connectivity index (χ4v) is 3.57. The standard InChI is InChI=1S/C18H13ClF3N5O/c19-14-16(11-1-3-23-24-8-11)25-26-17(14)27-4-2-10(18(27)28)5-9-6-12(20)15(22)13(21)7-9/h1,3,6-8,10H,2,4-5H2,(H,25,26). The molecular weight excluding hydrogens is 395 g/mol. The van der Waals surface area contributed by atoms with Crippen LogP contribution in [0.4, 0.5) is 19.0 Å². The first kappa shape index (κ1) is 18.4. The molecule has 6 nitrogen and oxygen atoms in total. The van der Waals surface area contributed by atoms with Crippen molar-refractivity contribution >= 4 is 23.3 Å². The van der Waals surface area contributed by atoms with Crippen LogP contribution in [0, 0.1) is 23.4 Å². The van der Waals surface area contributed by atoms with Gasteiger partial charge < -0.3 is 0 Å². The van der Waals surface area contributed by atoms with E-state index in [1.54, 1.807) is 6.07 Å². The third-order valence-corrected chi connectivity index (χ3v) is 5.02. The number of H-pyrrole nitrogens is 1. The van der Waals surface area contributed by atoms with E-state index in [-0.39, 0.29) is 28.7 Å². The van der Waals surface area contributed by atoms with E-state index in [9.17, 15) is 18.0 Å². The predicted octanol–water partition coefficient (Wildman–Crippen LogP) is 3.53. The zero-order chi connectivity index (χ0) is 19.8. The Labute approximate surface area is 162 Å². The molecule has 3 heterocycles. The number of carbonyl (C=O) groups excluding carboxylic acids is 1. The molecule has 0 aliphatic carbocycles. The Morgan fingerprint density at radius 3 is 2.64 bits per heavy atom. The summed E-state index contributed by atoms with van der Waals surface area (Å²) in [7, 11) is 0. The SMILES string of the molecule is O=C1C(Cc2cc(F)c(F)c(F)c2)CCN1c1n[nH]c(-c2ccnnc2)c1Cl. The Bertz CT molecular complexity index is 1020. The molecule has 3 aromatic rings. The lowest BCUT2D eigenvalue weighted by atomic mass is 9.98. The van der Waals surface area contributed by atoms with Gasteiger partial charge in [0.25, 0.3) is 0 Å². The summed E-state index contributed by atoms with van der Waals surface area (Å²) in [5.41, 5.74) is 1.39. The van der Waals surface area contributed by atoms with E-state index in [2.05, 4.69) is 20.4 Å². The zero-order valence-electron chi connectivity index (χ0n) is 14.3. The van der Waals surface area contributed by atoms with E-state index >= 15 is 0 Å². The van der Waals surface area contributed by atoms with E-state index in [1.807, 2.05) is 0 Å². The molecule has 1 saturated heterocycles. The molecule has 0 radical (unpaired) electrons. The number of rotatable bonds is 4. The van der Waals surface area contributed by atoms with Gasteiger partial charge >= 0.3 is 0 Å². The first-order valence-corrected chi connectivity index (χ1v) is 8.79. The molecule has 1 fully saturated rings. The van der Waals surface area contributed by atoms with Crippen molar-refractivity contribution < 1.29 is 18.0 Å². The highest BCUT2D eigenvalue weighted by molar-refractivity contribution is 6.36. The molecule has 1 aliphatic heterocycles. The normalized spacial score (nSPS) is 16.8. The first-order chi connectivity index (χ1) is 13.5. The molecule has 4 rings (SSSR count). The number of aromatic nitrogens is 4. The summed E-state index contributed by atoms with van der Waals surface area (Å²) in [4.78, 5) is 14.2. The molecule has 0 saturated carbocycles. The second kappa shape index (κ2) is 7.23. The number of carbonyl (C=O) groups is 1. The first-order valence-electron chi connectivity index (χ1n) is 8.41. The highest BCUT2D eigenvalue weighted by atomic mass is 35.5. The second-order valence-electron chi connectivity index (χ2n) is 6.42. The fourth-order valence-electron chi connectivity index (χ4n) is 3.28. The molecule has 1 amide bonds. The van der Waals surface area contributed by atoms with Crippen LogP contribution >= 0.6 is 11.6 Å². The summed E-state index contributed by atoms with van der Waals surface area (Å²) in [5.74, 6) is -4.57. The average molecular weight is 408 g/mol.